The quantitative estimate of drug-likeness (QED) is 0.791. The van der Waals surface area contributed by atoms with Crippen molar-refractivity contribution < 1.29 is 14.3 Å². The van der Waals surface area contributed by atoms with Crippen LogP contribution in [0.1, 0.15) is 43.1 Å². The minimum Gasteiger partial charge on any atom is -0.493 e. The van der Waals surface area contributed by atoms with Crippen LogP contribution < -0.4 is 14.8 Å². The third kappa shape index (κ3) is 5.01. The van der Waals surface area contributed by atoms with Gasteiger partial charge in [0.15, 0.2) is 0 Å². The van der Waals surface area contributed by atoms with Gasteiger partial charge in [0.1, 0.15) is 18.1 Å². The number of para-hydroxylation sites is 1. The molecule has 0 saturated heterocycles. The van der Waals surface area contributed by atoms with Gasteiger partial charge in [-0.05, 0) is 50.6 Å². The molecule has 24 heavy (non-hydrogen) atoms. The van der Waals surface area contributed by atoms with Gasteiger partial charge in [0.05, 0.1) is 6.61 Å². The number of rotatable bonds is 8. The Bertz CT molecular complexity index is 655. The van der Waals surface area contributed by atoms with E-state index in [9.17, 15) is 4.79 Å². The summed E-state index contributed by atoms with van der Waals surface area (Å²) in [4.78, 5) is 12.3. The summed E-state index contributed by atoms with van der Waals surface area (Å²) in [6, 6.07) is 15.2. The van der Waals surface area contributed by atoms with Gasteiger partial charge >= 0.3 is 0 Å². The summed E-state index contributed by atoms with van der Waals surface area (Å²) >= 11 is 0. The fourth-order valence-electron chi connectivity index (χ4n) is 2.22. The van der Waals surface area contributed by atoms with Crippen LogP contribution in [0.4, 0.5) is 0 Å². The Morgan fingerprint density at radius 3 is 2.50 bits per heavy atom. The molecule has 0 bridgehead atoms. The number of hydrogen-bond donors (Lipinski definition) is 1. The van der Waals surface area contributed by atoms with E-state index in [2.05, 4.69) is 5.32 Å². The van der Waals surface area contributed by atoms with Gasteiger partial charge in [-0.1, -0.05) is 25.1 Å². The first-order valence-corrected chi connectivity index (χ1v) is 8.38. The molecule has 0 spiro atoms. The van der Waals surface area contributed by atoms with Gasteiger partial charge in [-0.2, -0.15) is 0 Å². The molecular formula is C20H25NO3. The predicted octanol–water partition coefficient (Wildman–Crippen LogP) is 4.19. The molecule has 2 rings (SSSR count). The third-order valence-electron chi connectivity index (χ3n) is 3.75. The molecule has 1 atom stereocenters. The summed E-state index contributed by atoms with van der Waals surface area (Å²) in [6.45, 7) is 6.89. The first kappa shape index (κ1) is 17.9. The van der Waals surface area contributed by atoms with Crippen LogP contribution in [0.3, 0.4) is 0 Å². The van der Waals surface area contributed by atoms with Gasteiger partial charge in [0, 0.05) is 17.2 Å². The topological polar surface area (TPSA) is 47.6 Å². The van der Waals surface area contributed by atoms with Crippen molar-refractivity contribution in [2.45, 2.75) is 39.8 Å². The Morgan fingerprint density at radius 1 is 1.08 bits per heavy atom. The molecule has 2 aromatic carbocycles. The summed E-state index contributed by atoms with van der Waals surface area (Å²) in [5, 5.41) is 2.98. The Labute approximate surface area is 143 Å². The maximum Gasteiger partial charge on any atom is 0.251 e. The van der Waals surface area contributed by atoms with E-state index < -0.39 is 0 Å². The van der Waals surface area contributed by atoms with Crippen LogP contribution in [0.25, 0.3) is 0 Å². The van der Waals surface area contributed by atoms with Crippen LogP contribution in [0, 0.1) is 0 Å². The highest BCUT2D eigenvalue weighted by Crippen LogP contribution is 2.23. The average molecular weight is 327 g/mol. The summed E-state index contributed by atoms with van der Waals surface area (Å²) in [6.07, 6.45) is 0.896. The first-order valence-electron chi connectivity index (χ1n) is 8.38. The zero-order valence-corrected chi connectivity index (χ0v) is 14.5. The van der Waals surface area contributed by atoms with Crippen LogP contribution in [-0.2, 0) is 6.61 Å². The predicted molar refractivity (Wildman–Crippen MR) is 95.6 cm³/mol. The monoisotopic (exact) mass is 327 g/mol. The molecule has 1 N–H and O–H groups in total. The van der Waals surface area contributed by atoms with E-state index in [0.29, 0.717) is 18.8 Å². The number of carbonyl (C=O) groups is 1. The molecule has 4 nitrogen and oxygen atoms in total. The van der Waals surface area contributed by atoms with Crippen molar-refractivity contribution in [3.05, 3.63) is 59.7 Å². The maximum absolute atomic E-state index is 12.3. The molecule has 1 amide bonds. The van der Waals surface area contributed by atoms with Crippen molar-refractivity contribution >= 4 is 5.91 Å². The highest BCUT2D eigenvalue weighted by Gasteiger charge is 2.12. The lowest BCUT2D eigenvalue weighted by molar-refractivity contribution is 0.0939. The van der Waals surface area contributed by atoms with E-state index >= 15 is 0 Å². The van der Waals surface area contributed by atoms with Gasteiger partial charge in [0.2, 0.25) is 0 Å². The minimum absolute atomic E-state index is 0.0756. The largest absolute Gasteiger partial charge is 0.493 e. The summed E-state index contributed by atoms with van der Waals surface area (Å²) in [7, 11) is 0. The van der Waals surface area contributed by atoms with Crippen molar-refractivity contribution in [2.24, 2.45) is 0 Å². The molecule has 2 aromatic rings. The van der Waals surface area contributed by atoms with Crippen LogP contribution in [0.2, 0.25) is 0 Å². The van der Waals surface area contributed by atoms with E-state index in [1.807, 2.05) is 63.2 Å². The van der Waals surface area contributed by atoms with Gasteiger partial charge in [-0.15, -0.1) is 0 Å². The standard InChI is InChI=1S/C20H25NO3/c1-4-15(3)21-20(22)16-11-12-19(23-5-2)17(13-16)14-24-18-9-7-6-8-10-18/h6-13,15H,4-5,14H2,1-3H3,(H,21,22)/t15-/m1/s1. The number of benzene rings is 2. The van der Waals surface area contributed by atoms with Gasteiger partial charge in [0.25, 0.3) is 5.91 Å². The van der Waals surface area contributed by atoms with Crippen molar-refractivity contribution in [3.8, 4) is 11.5 Å². The molecular weight excluding hydrogens is 302 g/mol. The molecule has 0 unspecified atom stereocenters. The molecule has 0 aliphatic rings. The van der Waals surface area contributed by atoms with E-state index in [4.69, 9.17) is 9.47 Å². The number of hydrogen-bond acceptors (Lipinski definition) is 3. The number of carbonyl (C=O) groups excluding carboxylic acids is 1. The van der Waals surface area contributed by atoms with Crippen molar-refractivity contribution in [2.75, 3.05) is 6.61 Å². The zero-order valence-electron chi connectivity index (χ0n) is 14.5. The maximum atomic E-state index is 12.3. The first-order chi connectivity index (χ1) is 11.6. The molecule has 0 aliphatic carbocycles. The van der Waals surface area contributed by atoms with E-state index in [1.54, 1.807) is 6.07 Å². The Morgan fingerprint density at radius 2 is 1.83 bits per heavy atom. The average Bonchev–Trinajstić information content (AvgIpc) is 2.61. The van der Waals surface area contributed by atoms with Crippen LogP contribution in [0.15, 0.2) is 48.5 Å². The second-order valence-electron chi connectivity index (χ2n) is 5.64. The zero-order chi connectivity index (χ0) is 17.4. The lowest BCUT2D eigenvalue weighted by Gasteiger charge is -2.15. The Hall–Kier alpha value is -2.49. The van der Waals surface area contributed by atoms with Crippen LogP contribution >= 0.6 is 0 Å². The summed E-state index contributed by atoms with van der Waals surface area (Å²) in [5.41, 5.74) is 1.47. The van der Waals surface area contributed by atoms with E-state index in [-0.39, 0.29) is 11.9 Å². The fourth-order valence-corrected chi connectivity index (χ4v) is 2.22. The van der Waals surface area contributed by atoms with E-state index in [1.165, 1.54) is 0 Å². The lowest BCUT2D eigenvalue weighted by atomic mass is 10.1. The van der Waals surface area contributed by atoms with Crippen LogP contribution in [0.5, 0.6) is 11.5 Å². The normalized spacial score (nSPS) is 11.6. The molecule has 0 heterocycles. The molecule has 0 saturated carbocycles. The number of amides is 1. The smallest absolute Gasteiger partial charge is 0.251 e. The third-order valence-corrected chi connectivity index (χ3v) is 3.75. The molecule has 4 heteroatoms. The highest BCUT2D eigenvalue weighted by atomic mass is 16.5. The SMILES string of the molecule is CCOc1ccc(C(=O)N[C@H](C)CC)cc1COc1ccccc1. The lowest BCUT2D eigenvalue weighted by Crippen LogP contribution is -2.32. The molecule has 128 valence electrons. The molecule has 0 aliphatic heterocycles. The second kappa shape index (κ2) is 8.96. The van der Waals surface area contributed by atoms with Gasteiger partial charge < -0.3 is 14.8 Å². The number of nitrogens with one attached hydrogen (secondary N) is 1. The van der Waals surface area contributed by atoms with Crippen molar-refractivity contribution in [1.29, 1.82) is 0 Å². The van der Waals surface area contributed by atoms with Gasteiger partial charge in [-0.25, -0.2) is 0 Å². The highest BCUT2D eigenvalue weighted by molar-refractivity contribution is 5.94. The Kier molecular flexibility index (Phi) is 6.67. The summed E-state index contributed by atoms with van der Waals surface area (Å²) < 4.78 is 11.5. The second-order valence-corrected chi connectivity index (χ2v) is 5.64. The van der Waals surface area contributed by atoms with Gasteiger partial charge in [-0.3, -0.25) is 4.79 Å². The van der Waals surface area contributed by atoms with Crippen molar-refractivity contribution in [1.82, 2.24) is 5.32 Å². The van der Waals surface area contributed by atoms with Crippen LogP contribution in [-0.4, -0.2) is 18.6 Å². The Balaban J connectivity index is 2.16. The number of ether oxygens (including phenoxy) is 2. The summed E-state index contributed by atoms with van der Waals surface area (Å²) in [5.74, 6) is 1.45. The minimum atomic E-state index is -0.0756. The fraction of sp³-hybridized carbons (Fsp3) is 0.350. The van der Waals surface area contributed by atoms with E-state index in [0.717, 1.165) is 23.5 Å². The molecule has 0 fully saturated rings. The molecule has 0 radical (unpaired) electrons. The molecule has 0 aromatic heterocycles. The van der Waals surface area contributed by atoms with Crippen molar-refractivity contribution in [3.63, 3.8) is 0 Å².